The molecule has 0 aliphatic rings. The van der Waals surface area contributed by atoms with Crippen molar-refractivity contribution in [2.24, 2.45) is 7.05 Å². The Morgan fingerprint density at radius 2 is 2.38 bits per heavy atom. The maximum Gasteiger partial charge on any atom is 0.356 e. The van der Waals surface area contributed by atoms with Gasteiger partial charge < -0.3 is 9.67 Å². The summed E-state index contributed by atoms with van der Waals surface area (Å²) in [5, 5.41) is 8.64. The van der Waals surface area contributed by atoms with Gasteiger partial charge >= 0.3 is 5.97 Å². The Morgan fingerprint density at radius 1 is 1.62 bits per heavy atom. The highest BCUT2D eigenvalue weighted by atomic mass is 16.4. The van der Waals surface area contributed by atoms with Gasteiger partial charge in [-0.25, -0.2) is 14.8 Å². The van der Waals surface area contributed by atoms with Crippen LogP contribution >= 0.6 is 0 Å². The highest BCUT2D eigenvalue weighted by Gasteiger charge is 2.07. The summed E-state index contributed by atoms with van der Waals surface area (Å²) in [7, 11) is 1.83. The summed E-state index contributed by atoms with van der Waals surface area (Å²) < 4.78 is 1.79. The Hall–Kier alpha value is -1.91. The smallest absolute Gasteiger partial charge is 0.356 e. The van der Waals surface area contributed by atoms with E-state index in [0.717, 1.165) is 0 Å². The molecular weight excluding hydrogens is 170 g/mol. The summed E-state index contributed by atoms with van der Waals surface area (Å²) in [5.41, 5.74) is 1.26. The first-order chi connectivity index (χ1) is 6.18. The lowest BCUT2D eigenvalue weighted by molar-refractivity contribution is 0.0690. The van der Waals surface area contributed by atoms with E-state index in [1.165, 1.54) is 6.20 Å². The van der Waals surface area contributed by atoms with E-state index in [4.69, 9.17) is 5.11 Å². The molecule has 0 atom stereocenters. The minimum atomic E-state index is -1.06. The molecule has 5 heteroatoms. The number of hydrogen-bond donors (Lipinski definition) is 1. The predicted molar refractivity (Wildman–Crippen MR) is 45.5 cm³/mol. The molecule has 0 spiro atoms. The van der Waals surface area contributed by atoms with E-state index < -0.39 is 5.97 Å². The van der Waals surface area contributed by atoms with Gasteiger partial charge in [-0.05, 0) is 6.07 Å². The van der Waals surface area contributed by atoms with Crippen LogP contribution in [0.4, 0.5) is 0 Å². The van der Waals surface area contributed by atoms with Gasteiger partial charge in [0.2, 0.25) is 0 Å². The number of carbonyl (C=O) groups is 1. The number of hydrogen-bond acceptors (Lipinski definition) is 3. The number of carboxylic acids is 1. The maximum atomic E-state index is 10.5. The van der Waals surface area contributed by atoms with E-state index in [1.807, 2.05) is 7.05 Å². The molecule has 0 aromatic carbocycles. The van der Waals surface area contributed by atoms with Gasteiger partial charge in [0.15, 0.2) is 11.3 Å². The molecule has 13 heavy (non-hydrogen) atoms. The fourth-order valence-electron chi connectivity index (χ4n) is 1.14. The molecular formula is C8H7N3O2. The van der Waals surface area contributed by atoms with E-state index in [-0.39, 0.29) is 5.69 Å². The number of carboxylic acid groups (broad SMARTS) is 1. The predicted octanol–water partition coefficient (Wildman–Crippen LogP) is 0.666. The van der Waals surface area contributed by atoms with Gasteiger partial charge in [0, 0.05) is 13.2 Å². The molecule has 2 aromatic heterocycles. The van der Waals surface area contributed by atoms with Crippen LogP contribution in [-0.2, 0) is 7.05 Å². The van der Waals surface area contributed by atoms with Gasteiger partial charge in [-0.3, -0.25) is 0 Å². The third-order valence-corrected chi connectivity index (χ3v) is 1.79. The summed E-state index contributed by atoms with van der Waals surface area (Å²) in [4.78, 5) is 18.4. The maximum absolute atomic E-state index is 10.5. The zero-order chi connectivity index (χ0) is 9.42. The monoisotopic (exact) mass is 177 g/mol. The highest BCUT2D eigenvalue weighted by Crippen LogP contribution is 2.09. The van der Waals surface area contributed by atoms with Gasteiger partial charge in [0.1, 0.15) is 5.52 Å². The van der Waals surface area contributed by atoms with Crippen molar-refractivity contribution in [3.8, 4) is 0 Å². The molecule has 0 aliphatic carbocycles. The fraction of sp³-hybridized carbons (Fsp3) is 0.125. The molecule has 0 fully saturated rings. The second kappa shape index (κ2) is 2.55. The Labute approximate surface area is 73.7 Å². The van der Waals surface area contributed by atoms with Crippen molar-refractivity contribution in [3.63, 3.8) is 0 Å². The molecule has 0 saturated heterocycles. The van der Waals surface area contributed by atoms with Crippen LogP contribution in [0, 0.1) is 0 Å². The van der Waals surface area contributed by atoms with Gasteiger partial charge in [-0.15, -0.1) is 0 Å². The summed E-state index contributed by atoms with van der Waals surface area (Å²) in [6, 6.07) is 1.73. The van der Waals surface area contributed by atoms with Crippen molar-refractivity contribution < 1.29 is 9.90 Å². The average molecular weight is 177 g/mol. The molecule has 2 heterocycles. The van der Waals surface area contributed by atoms with Gasteiger partial charge in [0.25, 0.3) is 0 Å². The van der Waals surface area contributed by atoms with Crippen LogP contribution in [0.15, 0.2) is 18.5 Å². The van der Waals surface area contributed by atoms with Crippen molar-refractivity contribution in [1.82, 2.24) is 14.5 Å². The van der Waals surface area contributed by atoms with E-state index in [0.29, 0.717) is 11.2 Å². The van der Waals surface area contributed by atoms with E-state index >= 15 is 0 Å². The number of aryl methyl sites for hydroxylation is 1. The molecule has 66 valence electrons. The molecule has 0 saturated carbocycles. The van der Waals surface area contributed by atoms with Crippen LogP contribution in [0.1, 0.15) is 10.5 Å². The lowest BCUT2D eigenvalue weighted by Crippen LogP contribution is -2.01. The van der Waals surface area contributed by atoms with E-state index in [1.54, 1.807) is 16.8 Å². The molecule has 0 radical (unpaired) electrons. The average Bonchev–Trinajstić information content (AvgIpc) is 2.47. The SMILES string of the molecule is Cn1ccc2nc(C(=O)O)cnc21. The minimum Gasteiger partial charge on any atom is -0.476 e. The van der Waals surface area contributed by atoms with Crippen molar-refractivity contribution >= 4 is 17.1 Å². The Kier molecular flexibility index (Phi) is 1.51. The van der Waals surface area contributed by atoms with Gasteiger partial charge in [-0.2, -0.15) is 0 Å². The molecule has 1 N–H and O–H groups in total. The number of nitrogens with zero attached hydrogens (tertiary/aromatic N) is 3. The first-order valence-electron chi connectivity index (χ1n) is 3.70. The Balaban J connectivity index is 2.70. The van der Waals surface area contributed by atoms with Crippen molar-refractivity contribution in [2.75, 3.05) is 0 Å². The van der Waals surface area contributed by atoms with Crippen molar-refractivity contribution in [1.29, 1.82) is 0 Å². The molecule has 2 rings (SSSR count). The van der Waals surface area contributed by atoms with E-state index in [2.05, 4.69) is 9.97 Å². The minimum absolute atomic E-state index is 0.0290. The Morgan fingerprint density at radius 3 is 3.08 bits per heavy atom. The molecule has 2 aromatic rings. The second-order valence-electron chi connectivity index (χ2n) is 2.70. The van der Waals surface area contributed by atoms with Crippen LogP contribution in [0.3, 0.4) is 0 Å². The molecule has 0 amide bonds. The first-order valence-corrected chi connectivity index (χ1v) is 3.70. The topological polar surface area (TPSA) is 68.0 Å². The summed E-state index contributed by atoms with van der Waals surface area (Å²) in [6.07, 6.45) is 3.04. The van der Waals surface area contributed by atoms with Gasteiger partial charge in [-0.1, -0.05) is 0 Å². The molecule has 0 unspecified atom stereocenters. The van der Waals surface area contributed by atoms with Crippen LogP contribution < -0.4 is 0 Å². The highest BCUT2D eigenvalue weighted by molar-refractivity contribution is 5.87. The normalized spacial score (nSPS) is 10.5. The fourth-order valence-corrected chi connectivity index (χ4v) is 1.14. The van der Waals surface area contributed by atoms with Crippen LogP contribution in [0.5, 0.6) is 0 Å². The standard InChI is InChI=1S/C8H7N3O2/c1-11-3-2-5-7(11)9-4-6(10-5)8(12)13/h2-4H,1H3,(H,12,13). The number of aromatic carboxylic acids is 1. The molecule has 0 bridgehead atoms. The number of rotatable bonds is 1. The Bertz CT molecular complexity index is 475. The quantitative estimate of drug-likeness (QED) is 0.695. The van der Waals surface area contributed by atoms with Crippen LogP contribution in [0.2, 0.25) is 0 Å². The number of aromatic nitrogens is 3. The summed E-state index contributed by atoms with van der Waals surface area (Å²) in [6.45, 7) is 0. The lowest BCUT2D eigenvalue weighted by atomic mass is 10.4. The number of fused-ring (bicyclic) bond motifs is 1. The third-order valence-electron chi connectivity index (χ3n) is 1.79. The zero-order valence-corrected chi connectivity index (χ0v) is 6.93. The zero-order valence-electron chi connectivity index (χ0n) is 6.93. The van der Waals surface area contributed by atoms with Crippen LogP contribution in [0.25, 0.3) is 11.2 Å². The van der Waals surface area contributed by atoms with E-state index in [9.17, 15) is 4.79 Å². The van der Waals surface area contributed by atoms with Crippen molar-refractivity contribution in [3.05, 3.63) is 24.2 Å². The van der Waals surface area contributed by atoms with Gasteiger partial charge in [0.05, 0.1) is 6.20 Å². The van der Waals surface area contributed by atoms with Crippen molar-refractivity contribution in [2.45, 2.75) is 0 Å². The summed E-state index contributed by atoms with van der Waals surface area (Å²) >= 11 is 0. The second-order valence-corrected chi connectivity index (χ2v) is 2.70. The van der Waals surface area contributed by atoms with Crippen LogP contribution in [-0.4, -0.2) is 25.6 Å². The summed E-state index contributed by atoms with van der Waals surface area (Å²) in [5.74, 6) is -1.06. The molecule has 5 nitrogen and oxygen atoms in total. The lowest BCUT2D eigenvalue weighted by Gasteiger charge is -1.95. The first kappa shape index (κ1) is 7.72. The molecule has 0 aliphatic heterocycles. The third kappa shape index (κ3) is 1.14. The largest absolute Gasteiger partial charge is 0.476 e.